The predicted molar refractivity (Wildman–Crippen MR) is 60.2 cm³/mol. The van der Waals surface area contributed by atoms with Gasteiger partial charge in [-0.25, -0.2) is 9.97 Å². The van der Waals surface area contributed by atoms with Crippen molar-refractivity contribution in [3.05, 3.63) is 17.6 Å². The van der Waals surface area contributed by atoms with Crippen LogP contribution in [0.3, 0.4) is 0 Å². The maximum Gasteiger partial charge on any atom is 0.132 e. The van der Waals surface area contributed by atoms with Crippen LogP contribution in [-0.2, 0) is 0 Å². The van der Waals surface area contributed by atoms with Crippen LogP contribution < -0.4 is 4.90 Å². The second-order valence-corrected chi connectivity index (χ2v) is 3.61. The SMILES string of the molecule is Cc1cc(N2CCCC2)nc(C)n1.Cl. The smallest absolute Gasteiger partial charge is 0.132 e. The van der Waals surface area contributed by atoms with Crippen LogP contribution >= 0.6 is 12.4 Å². The van der Waals surface area contributed by atoms with E-state index in [1.807, 2.05) is 13.8 Å². The molecular formula is C10H16ClN3. The fourth-order valence-electron chi connectivity index (χ4n) is 1.81. The first-order valence-electron chi connectivity index (χ1n) is 4.83. The summed E-state index contributed by atoms with van der Waals surface area (Å²) in [7, 11) is 0. The van der Waals surface area contributed by atoms with Gasteiger partial charge in [-0.2, -0.15) is 0 Å². The molecular weight excluding hydrogens is 198 g/mol. The number of aryl methyl sites for hydroxylation is 2. The molecule has 1 aromatic heterocycles. The van der Waals surface area contributed by atoms with E-state index in [9.17, 15) is 0 Å². The molecule has 0 spiro atoms. The van der Waals surface area contributed by atoms with Gasteiger partial charge in [-0.15, -0.1) is 12.4 Å². The minimum absolute atomic E-state index is 0. The van der Waals surface area contributed by atoms with Gasteiger partial charge in [0, 0.05) is 24.8 Å². The van der Waals surface area contributed by atoms with Crippen molar-refractivity contribution in [1.29, 1.82) is 0 Å². The van der Waals surface area contributed by atoms with Gasteiger partial charge in [-0.3, -0.25) is 0 Å². The molecule has 4 heteroatoms. The molecule has 3 nitrogen and oxygen atoms in total. The van der Waals surface area contributed by atoms with Crippen molar-refractivity contribution in [2.75, 3.05) is 18.0 Å². The Morgan fingerprint density at radius 1 is 1.14 bits per heavy atom. The van der Waals surface area contributed by atoms with Gasteiger partial charge >= 0.3 is 0 Å². The molecule has 1 fully saturated rings. The summed E-state index contributed by atoms with van der Waals surface area (Å²) in [6.45, 7) is 6.27. The predicted octanol–water partition coefficient (Wildman–Crippen LogP) is 2.12. The van der Waals surface area contributed by atoms with Gasteiger partial charge in [-0.1, -0.05) is 0 Å². The summed E-state index contributed by atoms with van der Waals surface area (Å²) in [5, 5.41) is 0. The molecule has 0 aromatic carbocycles. The Kier molecular flexibility index (Phi) is 3.69. The van der Waals surface area contributed by atoms with Crippen molar-refractivity contribution in [3.8, 4) is 0 Å². The Morgan fingerprint density at radius 2 is 1.79 bits per heavy atom. The third-order valence-corrected chi connectivity index (χ3v) is 2.38. The molecule has 0 aliphatic carbocycles. The van der Waals surface area contributed by atoms with Crippen LogP contribution in [0.25, 0.3) is 0 Å². The van der Waals surface area contributed by atoms with Crippen molar-refractivity contribution in [3.63, 3.8) is 0 Å². The molecule has 0 unspecified atom stereocenters. The lowest BCUT2D eigenvalue weighted by molar-refractivity contribution is 0.899. The van der Waals surface area contributed by atoms with Crippen molar-refractivity contribution in [1.82, 2.24) is 9.97 Å². The average Bonchev–Trinajstić information content (AvgIpc) is 2.53. The quantitative estimate of drug-likeness (QED) is 0.716. The van der Waals surface area contributed by atoms with Gasteiger partial charge < -0.3 is 4.90 Å². The fraction of sp³-hybridized carbons (Fsp3) is 0.600. The highest BCUT2D eigenvalue weighted by Gasteiger charge is 2.13. The van der Waals surface area contributed by atoms with E-state index in [0.717, 1.165) is 30.4 Å². The summed E-state index contributed by atoms with van der Waals surface area (Å²) >= 11 is 0. The molecule has 14 heavy (non-hydrogen) atoms. The highest BCUT2D eigenvalue weighted by molar-refractivity contribution is 5.85. The number of hydrogen-bond acceptors (Lipinski definition) is 3. The summed E-state index contributed by atoms with van der Waals surface area (Å²) in [6.07, 6.45) is 2.59. The van der Waals surface area contributed by atoms with E-state index in [0.29, 0.717) is 0 Å². The fourth-order valence-corrected chi connectivity index (χ4v) is 1.81. The van der Waals surface area contributed by atoms with Crippen molar-refractivity contribution >= 4 is 18.2 Å². The molecule has 0 atom stereocenters. The number of nitrogens with zero attached hydrogens (tertiary/aromatic N) is 3. The Labute approximate surface area is 91.0 Å². The third-order valence-electron chi connectivity index (χ3n) is 2.38. The third kappa shape index (κ3) is 2.35. The zero-order valence-corrected chi connectivity index (χ0v) is 9.47. The van der Waals surface area contributed by atoms with E-state index in [1.54, 1.807) is 0 Å². The normalized spacial score (nSPS) is 15.4. The van der Waals surface area contributed by atoms with E-state index >= 15 is 0 Å². The number of aromatic nitrogens is 2. The molecule has 0 saturated carbocycles. The van der Waals surface area contributed by atoms with Gasteiger partial charge in [-0.05, 0) is 26.7 Å². The van der Waals surface area contributed by atoms with Crippen molar-refractivity contribution < 1.29 is 0 Å². The summed E-state index contributed by atoms with van der Waals surface area (Å²) in [6, 6.07) is 2.07. The van der Waals surface area contributed by atoms with Crippen LogP contribution in [0.1, 0.15) is 24.4 Å². The van der Waals surface area contributed by atoms with Crippen LogP contribution in [0.4, 0.5) is 5.82 Å². The molecule has 0 N–H and O–H groups in total. The largest absolute Gasteiger partial charge is 0.357 e. The van der Waals surface area contributed by atoms with Crippen LogP contribution in [0.2, 0.25) is 0 Å². The second-order valence-electron chi connectivity index (χ2n) is 3.61. The van der Waals surface area contributed by atoms with Crippen LogP contribution in [0.15, 0.2) is 6.07 Å². The molecule has 0 bridgehead atoms. The second kappa shape index (κ2) is 4.60. The van der Waals surface area contributed by atoms with E-state index in [4.69, 9.17) is 0 Å². The first-order chi connectivity index (χ1) is 6.25. The standard InChI is InChI=1S/C10H15N3.ClH/c1-8-7-10(12-9(2)11-8)13-5-3-4-6-13;/h7H,3-6H2,1-2H3;1H. The van der Waals surface area contributed by atoms with Crippen molar-refractivity contribution in [2.24, 2.45) is 0 Å². The summed E-state index contributed by atoms with van der Waals surface area (Å²) in [5.74, 6) is 1.98. The van der Waals surface area contributed by atoms with E-state index in [1.165, 1.54) is 12.8 Å². The minimum atomic E-state index is 0. The molecule has 2 rings (SSSR count). The Hall–Kier alpha value is -0.830. The number of anilines is 1. The number of halogens is 1. The number of hydrogen-bond donors (Lipinski definition) is 0. The van der Waals surface area contributed by atoms with Gasteiger partial charge in [0.1, 0.15) is 11.6 Å². The maximum atomic E-state index is 4.43. The van der Waals surface area contributed by atoms with Gasteiger partial charge in [0.2, 0.25) is 0 Å². The Morgan fingerprint density at radius 3 is 2.36 bits per heavy atom. The van der Waals surface area contributed by atoms with Crippen molar-refractivity contribution in [2.45, 2.75) is 26.7 Å². The van der Waals surface area contributed by atoms with Crippen LogP contribution in [0, 0.1) is 13.8 Å². The zero-order chi connectivity index (χ0) is 9.26. The lowest BCUT2D eigenvalue weighted by Gasteiger charge is -2.16. The van der Waals surface area contributed by atoms with E-state index < -0.39 is 0 Å². The number of rotatable bonds is 1. The highest BCUT2D eigenvalue weighted by atomic mass is 35.5. The zero-order valence-electron chi connectivity index (χ0n) is 8.66. The molecule has 78 valence electrons. The van der Waals surface area contributed by atoms with Crippen LogP contribution in [0.5, 0.6) is 0 Å². The van der Waals surface area contributed by atoms with Gasteiger partial charge in [0.25, 0.3) is 0 Å². The molecule has 0 amide bonds. The van der Waals surface area contributed by atoms with E-state index in [2.05, 4.69) is 20.9 Å². The Balaban J connectivity index is 0.000000980. The molecule has 2 heterocycles. The lowest BCUT2D eigenvalue weighted by Crippen LogP contribution is -2.19. The lowest BCUT2D eigenvalue weighted by atomic mass is 10.4. The minimum Gasteiger partial charge on any atom is -0.357 e. The highest BCUT2D eigenvalue weighted by Crippen LogP contribution is 2.17. The maximum absolute atomic E-state index is 4.43. The topological polar surface area (TPSA) is 29.0 Å². The van der Waals surface area contributed by atoms with Gasteiger partial charge in [0.05, 0.1) is 0 Å². The molecule has 1 aliphatic heterocycles. The molecule has 1 aromatic rings. The summed E-state index contributed by atoms with van der Waals surface area (Å²) in [4.78, 5) is 11.0. The van der Waals surface area contributed by atoms with Crippen LogP contribution in [-0.4, -0.2) is 23.1 Å². The molecule has 1 saturated heterocycles. The first-order valence-corrected chi connectivity index (χ1v) is 4.83. The average molecular weight is 214 g/mol. The molecule has 0 radical (unpaired) electrons. The Bertz CT molecular complexity index is 288. The summed E-state index contributed by atoms with van der Waals surface area (Å²) in [5.41, 5.74) is 1.06. The van der Waals surface area contributed by atoms with Gasteiger partial charge in [0.15, 0.2) is 0 Å². The first kappa shape index (κ1) is 11.2. The summed E-state index contributed by atoms with van der Waals surface area (Å²) < 4.78 is 0. The monoisotopic (exact) mass is 213 g/mol. The van der Waals surface area contributed by atoms with E-state index in [-0.39, 0.29) is 12.4 Å². The molecule has 1 aliphatic rings.